The van der Waals surface area contributed by atoms with Crippen molar-refractivity contribution in [3.8, 4) is 11.8 Å². The molecule has 0 aliphatic carbocycles. The number of likely N-dealkylation sites (tertiary alicyclic amines) is 1. The zero-order valence-corrected chi connectivity index (χ0v) is 12.9. The fourth-order valence-corrected chi connectivity index (χ4v) is 2.46. The molecule has 0 saturated carbocycles. The summed E-state index contributed by atoms with van der Waals surface area (Å²) in [5.74, 6) is 1.38. The molecule has 1 aliphatic heterocycles. The number of piperidine rings is 1. The molecule has 7 heteroatoms. The van der Waals surface area contributed by atoms with E-state index in [1.165, 1.54) is 7.11 Å². The highest BCUT2D eigenvalue weighted by Gasteiger charge is 2.25. The molecule has 1 aromatic heterocycles. The number of hydrogen-bond acceptors (Lipinski definition) is 5. The van der Waals surface area contributed by atoms with Gasteiger partial charge in [0.2, 0.25) is 5.91 Å². The van der Waals surface area contributed by atoms with Crippen molar-refractivity contribution >= 4 is 17.5 Å². The zero-order chi connectivity index (χ0) is 15.1. The van der Waals surface area contributed by atoms with E-state index < -0.39 is 0 Å². The maximum atomic E-state index is 12.0. The van der Waals surface area contributed by atoms with Gasteiger partial charge in [-0.2, -0.15) is 0 Å². The van der Waals surface area contributed by atoms with Gasteiger partial charge in [0.1, 0.15) is 6.10 Å². The fraction of sp³-hybridized carbons (Fsp3) is 0.643. The summed E-state index contributed by atoms with van der Waals surface area (Å²) in [7, 11) is 1.53. The summed E-state index contributed by atoms with van der Waals surface area (Å²) in [6.07, 6.45) is 6.03. The van der Waals surface area contributed by atoms with Crippen LogP contribution in [0.1, 0.15) is 25.7 Å². The van der Waals surface area contributed by atoms with Gasteiger partial charge >= 0.3 is 0 Å². The summed E-state index contributed by atoms with van der Waals surface area (Å²) in [5.41, 5.74) is 0. The molecule has 6 nitrogen and oxygen atoms in total. The molecule has 0 aromatic carbocycles. The number of ether oxygens (including phenoxy) is 2. The monoisotopic (exact) mass is 313 g/mol. The van der Waals surface area contributed by atoms with E-state index in [0.717, 1.165) is 19.4 Å². The van der Waals surface area contributed by atoms with Crippen molar-refractivity contribution in [1.29, 1.82) is 0 Å². The van der Waals surface area contributed by atoms with Crippen molar-refractivity contribution in [3.05, 3.63) is 12.4 Å². The van der Waals surface area contributed by atoms with E-state index in [9.17, 15) is 4.79 Å². The topological polar surface area (TPSA) is 64.6 Å². The first-order chi connectivity index (χ1) is 10.2. The Morgan fingerprint density at radius 2 is 2.19 bits per heavy atom. The molecule has 1 saturated heterocycles. The lowest BCUT2D eigenvalue weighted by Gasteiger charge is -2.32. The predicted molar refractivity (Wildman–Crippen MR) is 78.8 cm³/mol. The second kappa shape index (κ2) is 8.02. The maximum absolute atomic E-state index is 12.0. The van der Waals surface area contributed by atoms with Crippen LogP contribution in [0.15, 0.2) is 12.4 Å². The third kappa shape index (κ3) is 4.46. The first kappa shape index (κ1) is 15.8. The minimum atomic E-state index is -0.0794. The number of carbonyl (C=O) groups is 1. The summed E-state index contributed by atoms with van der Waals surface area (Å²) >= 11 is 5.63. The van der Waals surface area contributed by atoms with Crippen LogP contribution in [0.3, 0.4) is 0 Å². The van der Waals surface area contributed by atoms with Gasteiger partial charge < -0.3 is 14.4 Å². The van der Waals surface area contributed by atoms with Crippen molar-refractivity contribution in [1.82, 2.24) is 14.9 Å². The lowest BCUT2D eigenvalue weighted by Crippen LogP contribution is -2.44. The molecule has 1 unspecified atom stereocenters. The first-order valence-corrected chi connectivity index (χ1v) is 7.63. The minimum Gasteiger partial charge on any atom is -0.477 e. The van der Waals surface area contributed by atoms with Crippen LogP contribution in [0.2, 0.25) is 0 Å². The molecule has 1 fully saturated rings. The van der Waals surface area contributed by atoms with Crippen LogP contribution in [-0.2, 0) is 4.79 Å². The molecule has 0 radical (unpaired) electrons. The normalized spacial score (nSPS) is 18.4. The van der Waals surface area contributed by atoms with Gasteiger partial charge in [-0.15, -0.1) is 11.6 Å². The van der Waals surface area contributed by atoms with E-state index in [1.807, 2.05) is 4.90 Å². The van der Waals surface area contributed by atoms with E-state index in [4.69, 9.17) is 21.1 Å². The molecule has 1 atom stereocenters. The van der Waals surface area contributed by atoms with Gasteiger partial charge in [0, 0.05) is 31.2 Å². The van der Waals surface area contributed by atoms with Gasteiger partial charge in [-0.25, -0.2) is 9.97 Å². The van der Waals surface area contributed by atoms with Gasteiger partial charge in [0.05, 0.1) is 13.7 Å². The van der Waals surface area contributed by atoms with Crippen LogP contribution in [0.4, 0.5) is 0 Å². The molecule has 1 amide bonds. The van der Waals surface area contributed by atoms with E-state index in [0.29, 0.717) is 37.0 Å². The Bertz CT molecular complexity index is 473. The average Bonchev–Trinajstić information content (AvgIpc) is 2.53. The molecule has 116 valence electrons. The number of carbonyl (C=O) groups excluding carboxylic acids is 1. The summed E-state index contributed by atoms with van der Waals surface area (Å²) in [4.78, 5) is 22.1. The maximum Gasteiger partial charge on any atom is 0.278 e. The number of nitrogens with zero attached hydrogens (tertiary/aromatic N) is 3. The molecule has 0 spiro atoms. The molecule has 2 heterocycles. The van der Waals surface area contributed by atoms with Crippen LogP contribution >= 0.6 is 11.6 Å². The number of hydrogen-bond donors (Lipinski definition) is 0. The summed E-state index contributed by atoms with van der Waals surface area (Å²) in [5, 5.41) is 0. The molecule has 1 aromatic rings. The van der Waals surface area contributed by atoms with E-state index >= 15 is 0 Å². The summed E-state index contributed by atoms with van der Waals surface area (Å²) in [6.45, 7) is 1.35. The second-order valence-electron chi connectivity index (χ2n) is 4.89. The first-order valence-electron chi connectivity index (χ1n) is 7.10. The molecule has 0 bridgehead atoms. The highest BCUT2D eigenvalue weighted by Crippen LogP contribution is 2.24. The number of aromatic nitrogens is 2. The number of rotatable bonds is 6. The highest BCUT2D eigenvalue weighted by molar-refractivity contribution is 6.17. The van der Waals surface area contributed by atoms with Gasteiger partial charge in [0.25, 0.3) is 11.8 Å². The van der Waals surface area contributed by atoms with Crippen LogP contribution < -0.4 is 9.47 Å². The smallest absolute Gasteiger partial charge is 0.278 e. The van der Waals surface area contributed by atoms with Crippen molar-refractivity contribution in [2.24, 2.45) is 0 Å². The van der Waals surface area contributed by atoms with Gasteiger partial charge in [-0.3, -0.25) is 4.79 Å². The van der Waals surface area contributed by atoms with E-state index in [2.05, 4.69) is 9.97 Å². The van der Waals surface area contributed by atoms with Crippen LogP contribution in [0.25, 0.3) is 0 Å². The lowest BCUT2D eigenvalue weighted by atomic mass is 10.1. The van der Waals surface area contributed by atoms with Gasteiger partial charge in [-0.05, 0) is 19.3 Å². The number of amides is 1. The van der Waals surface area contributed by atoms with Crippen LogP contribution in [0, 0.1) is 0 Å². The molecule has 21 heavy (non-hydrogen) atoms. The van der Waals surface area contributed by atoms with Crippen molar-refractivity contribution in [2.45, 2.75) is 31.8 Å². The van der Waals surface area contributed by atoms with Crippen molar-refractivity contribution in [3.63, 3.8) is 0 Å². The van der Waals surface area contributed by atoms with E-state index in [-0.39, 0.29) is 12.0 Å². The second-order valence-corrected chi connectivity index (χ2v) is 5.26. The van der Waals surface area contributed by atoms with Crippen LogP contribution in [0.5, 0.6) is 11.8 Å². The largest absolute Gasteiger partial charge is 0.477 e. The van der Waals surface area contributed by atoms with Crippen molar-refractivity contribution in [2.75, 3.05) is 26.1 Å². The number of alkyl halides is 1. The Kier molecular flexibility index (Phi) is 6.04. The number of halogens is 1. The molecular formula is C14H20ClN3O3. The van der Waals surface area contributed by atoms with E-state index in [1.54, 1.807) is 12.4 Å². The predicted octanol–water partition coefficient (Wildman–Crippen LogP) is 1.87. The minimum absolute atomic E-state index is 0.0794. The standard InChI is InChI=1S/C14H20ClN3O3/c1-20-13-14(17-8-7-16-13)21-11-4-3-9-18(10-11)12(19)5-2-6-15/h7-8,11H,2-6,9-10H2,1H3. The van der Waals surface area contributed by atoms with Gasteiger partial charge in [0.15, 0.2) is 0 Å². The average molecular weight is 314 g/mol. The number of methoxy groups -OCH3 is 1. The van der Waals surface area contributed by atoms with Crippen molar-refractivity contribution < 1.29 is 14.3 Å². The SMILES string of the molecule is COc1nccnc1OC1CCCN(C(=O)CCCCl)C1. The third-order valence-corrected chi connectivity index (χ3v) is 3.63. The van der Waals surface area contributed by atoms with Crippen LogP contribution in [-0.4, -0.2) is 53.0 Å². The van der Waals surface area contributed by atoms with Gasteiger partial charge in [-0.1, -0.05) is 0 Å². The Morgan fingerprint density at radius 3 is 2.90 bits per heavy atom. The Balaban J connectivity index is 1.93. The molecular weight excluding hydrogens is 294 g/mol. The Morgan fingerprint density at radius 1 is 1.43 bits per heavy atom. The molecule has 1 aliphatic rings. The molecule has 0 N–H and O–H groups in total. The molecule has 2 rings (SSSR count). The zero-order valence-electron chi connectivity index (χ0n) is 12.1. The fourth-order valence-electron chi connectivity index (χ4n) is 2.33. The lowest BCUT2D eigenvalue weighted by molar-refractivity contribution is -0.133. The summed E-state index contributed by atoms with van der Waals surface area (Å²) < 4.78 is 11.0. The summed E-state index contributed by atoms with van der Waals surface area (Å²) in [6, 6.07) is 0. The quantitative estimate of drug-likeness (QED) is 0.750. The third-order valence-electron chi connectivity index (χ3n) is 3.36. The Labute approximate surface area is 129 Å². The highest BCUT2D eigenvalue weighted by atomic mass is 35.5. The Hall–Kier alpha value is -1.56.